The van der Waals surface area contributed by atoms with E-state index in [9.17, 15) is 8.42 Å². The van der Waals surface area contributed by atoms with Gasteiger partial charge in [0.2, 0.25) is 0 Å². The molecule has 0 aliphatic rings. The molecule has 0 saturated heterocycles. The van der Waals surface area contributed by atoms with Gasteiger partial charge in [0.05, 0.1) is 10.6 Å². The molecule has 0 atom stereocenters. The molecule has 3 nitrogen and oxygen atoms in total. The highest BCUT2D eigenvalue weighted by Gasteiger charge is 2.15. The Hall–Kier alpha value is -2.07. The van der Waals surface area contributed by atoms with Crippen molar-refractivity contribution in [3.05, 3.63) is 71.3 Å². The minimum Gasteiger partial charge on any atom is -0.279 e. The lowest BCUT2D eigenvalue weighted by Gasteiger charge is -2.13. The van der Waals surface area contributed by atoms with E-state index >= 15 is 0 Å². The van der Waals surface area contributed by atoms with Crippen molar-refractivity contribution in [3.63, 3.8) is 0 Å². The molecular weight excluding hydrogens is 294 g/mol. The molecular formula is C18H21NO2S. The Kier molecular flexibility index (Phi) is 5.03. The Bertz CT molecular complexity index is 775. The fourth-order valence-corrected chi connectivity index (χ4v) is 3.26. The third-order valence-electron chi connectivity index (χ3n) is 3.41. The van der Waals surface area contributed by atoms with Crippen molar-refractivity contribution < 1.29 is 8.42 Å². The van der Waals surface area contributed by atoms with Crippen LogP contribution in [0.4, 0.5) is 5.69 Å². The fourth-order valence-electron chi connectivity index (χ4n) is 2.16. The molecule has 0 bridgehead atoms. The predicted molar refractivity (Wildman–Crippen MR) is 91.7 cm³/mol. The van der Waals surface area contributed by atoms with Crippen LogP contribution in [0, 0.1) is 13.8 Å². The van der Waals surface area contributed by atoms with E-state index in [2.05, 4.69) is 4.72 Å². The highest BCUT2D eigenvalue weighted by Crippen LogP contribution is 2.22. The molecule has 22 heavy (non-hydrogen) atoms. The molecule has 4 heteroatoms. The number of hydrogen-bond acceptors (Lipinski definition) is 2. The molecule has 116 valence electrons. The SMILES string of the molecule is C/C=C/Cc1cc(C)ccc1NS(=O)(=O)c1ccc(C)cc1. The van der Waals surface area contributed by atoms with E-state index in [1.165, 1.54) is 0 Å². The summed E-state index contributed by atoms with van der Waals surface area (Å²) in [6.45, 7) is 5.88. The van der Waals surface area contributed by atoms with Crippen LogP contribution in [0.2, 0.25) is 0 Å². The summed E-state index contributed by atoms with van der Waals surface area (Å²) >= 11 is 0. The minimum absolute atomic E-state index is 0.274. The molecule has 0 radical (unpaired) electrons. The summed E-state index contributed by atoms with van der Waals surface area (Å²) < 4.78 is 27.7. The smallest absolute Gasteiger partial charge is 0.261 e. The Balaban J connectivity index is 2.35. The third kappa shape index (κ3) is 3.98. The van der Waals surface area contributed by atoms with Crippen molar-refractivity contribution in [3.8, 4) is 0 Å². The number of rotatable bonds is 5. The maximum atomic E-state index is 12.5. The van der Waals surface area contributed by atoms with Gasteiger partial charge in [-0.05, 0) is 51.0 Å². The average molecular weight is 315 g/mol. The molecule has 0 saturated carbocycles. The zero-order valence-corrected chi connectivity index (χ0v) is 13.9. The average Bonchev–Trinajstić information content (AvgIpc) is 2.48. The summed E-state index contributed by atoms with van der Waals surface area (Å²) in [5.41, 5.74) is 3.74. The number of allylic oxidation sites excluding steroid dienone is 2. The van der Waals surface area contributed by atoms with Gasteiger partial charge in [0.25, 0.3) is 10.0 Å². The van der Waals surface area contributed by atoms with Gasteiger partial charge in [-0.3, -0.25) is 4.72 Å². The molecule has 0 spiro atoms. The number of nitrogens with one attached hydrogen (secondary N) is 1. The Morgan fingerprint density at radius 3 is 2.27 bits per heavy atom. The van der Waals surface area contributed by atoms with Gasteiger partial charge in [-0.1, -0.05) is 47.5 Å². The van der Waals surface area contributed by atoms with Crippen LogP contribution in [0.5, 0.6) is 0 Å². The molecule has 0 aliphatic carbocycles. The van der Waals surface area contributed by atoms with Gasteiger partial charge in [0.15, 0.2) is 0 Å². The largest absolute Gasteiger partial charge is 0.279 e. The lowest BCUT2D eigenvalue weighted by atomic mass is 10.1. The van der Waals surface area contributed by atoms with Gasteiger partial charge in [-0.2, -0.15) is 0 Å². The summed E-state index contributed by atoms with van der Waals surface area (Å²) in [5.74, 6) is 0. The van der Waals surface area contributed by atoms with Crippen LogP contribution in [-0.2, 0) is 16.4 Å². The molecule has 0 amide bonds. The number of benzene rings is 2. The van der Waals surface area contributed by atoms with Crippen molar-refractivity contribution >= 4 is 15.7 Å². The summed E-state index contributed by atoms with van der Waals surface area (Å²) in [6.07, 6.45) is 4.67. The van der Waals surface area contributed by atoms with E-state index in [0.717, 1.165) is 16.7 Å². The topological polar surface area (TPSA) is 46.2 Å². The van der Waals surface area contributed by atoms with Gasteiger partial charge >= 0.3 is 0 Å². The first-order chi connectivity index (χ1) is 10.4. The molecule has 0 heterocycles. The molecule has 0 aromatic heterocycles. The van der Waals surface area contributed by atoms with Crippen LogP contribution in [0.15, 0.2) is 59.5 Å². The van der Waals surface area contributed by atoms with E-state index in [0.29, 0.717) is 12.1 Å². The van der Waals surface area contributed by atoms with E-state index in [1.54, 1.807) is 24.3 Å². The van der Waals surface area contributed by atoms with Crippen LogP contribution >= 0.6 is 0 Å². The van der Waals surface area contributed by atoms with Gasteiger partial charge in [0, 0.05) is 0 Å². The first-order valence-electron chi connectivity index (χ1n) is 7.22. The third-order valence-corrected chi connectivity index (χ3v) is 4.79. The lowest BCUT2D eigenvalue weighted by Crippen LogP contribution is -2.14. The second-order valence-corrected chi connectivity index (χ2v) is 7.03. The van der Waals surface area contributed by atoms with E-state index < -0.39 is 10.0 Å². The van der Waals surface area contributed by atoms with E-state index in [4.69, 9.17) is 0 Å². The van der Waals surface area contributed by atoms with Crippen molar-refractivity contribution in [2.24, 2.45) is 0 Å². The highest BCUT2D eigenvalue weighted by molar-refractivity contribution is 7.92. The van der Waals surface area contributed by atoms with Crippen LogP contribution in [-0.4, -0.2) is 8.42 Å². The summed E-state index contributed by atoms with van der Waals surface area (Å²) in [7, 11) is -3.56. The van der Waals surface area contributed by atoms with Crippen molar-refractivity contribution in [2.45, 2.75) is 32.1 Å². The van der Waals surface area contributed by atoms with E-state index in [1.807, 2.05) is 51.1 Å². The Labute approximate surface area is 132 Å². The van der Waals surface area contributed by atoms with Crippen LogP contribution < -0.4 is 4.72 Å². The van der Waals surface area contributed by atoms with Crippen LogP contribution in [0.3, 0.4) is 0 Å². The summed E-state index contributed by atoms with van der Waals surface area (Å²) in [5, 5.41) is 0. The number of hydrogen-bond donors (Lipinski definition) is 1. The maximum Gasteiger partial charge on any atom is 0.261 e. The molecule has 0 unspecified atom stereocenters. The zero-order chi connectivity index (χ0) is 16.2. The van der Waals surface area contributed by atoms with Crippen molar-refractivity contribution in [2.75, 3.05) is 4.72 Å². The number of sulfonamides is 1. The predicted octanol–water partition coefficient (Wildman–Crippen LogP) is 4.22. The van der Waals surface area contributed by atoms with Crippen molar-refractivity contribution in [1.82, 2.24) is 0 Å². The van der Waals surface area contributed by atoms with Crippen molar-refractivity contribution in [1.29, 1.82) is 0 Å². The highest BCUT2D eigenvalue weighted by atomic mass is 32.2. The quantitative estimate of drug-likeness (QED) is 0.840. The Morgan fingerprint density at radius 2 is 1.64 bits per heavy atom. The molecule has 2 rings (SSSR count). The molecule has 2 aromatic rings. The minimum atomic E-state index is -3.56. The standard InChI is InChI=1S/C18H21NO2S/c1-4-5-6-16-13-15(3)9-12-18(16)19-22(20,21)17-10-7-14(2)8-11-17/h4-5,7-13,19H,6H2,1-3H3/b5-4+. The summed E-state index contributed by atoms with van der Waals surface area (Å²) in [6, 6.07) is 12.6. The van der Waals surface area contributed by atoms with Gasteiger partial charge in [-0.15, -0.1) is 0 Å². The van der Waals surface area contributed by atoms with Gasteiger partial charge < -0.3 is 0 Å². The first-order valence-corrected chi connectivity index (χ1v) is 8.71. The first kappa shape index (κ1) is 16.3. The van der Waals surface area contributed by atoms with Crippen LogP contribution in [0.25, 0.3) is 0 Å². The lowest BCUT2D eigenvalue weighted by molar-refractivity contribution is 0.601. The molecule has 1 N–H and O–H groups in total. The second kappa shape index (κ2) is 6.79. The second-order valence-electron chi connectivity index (χ2n) is 5.35. The summed E-state index contributed by atoms with van der Waals surface area (Å²) in [4.78, 5) is 0.274. The zero-order valence-electron chi connectivity index (χ0n) is 13.1. The maximum absolute atomic E-state index is 12.5. The molecule has 0 fully saturated rings. The Morgan fingerprint density at radius 1 is 1.00 bits per heavy atom. The number of anilines is 1. The van der Waals surface area contributed by atoms with Gasteiger partial charge in [0.1, 0.15) is 0 Å². The normalized spacial score (nSPS) is 11.8. The number of aryl methyl sites for hydroxylation is 2. The fraction of sp³-hybridized carbons (Fsp3) is 0.222. The molecule has 0 aliphatic heterocycles. The van der Waals surface area contributed by atoms with E-state index in [-0.39, 0.29) is 4.90 Å². The van der Waals surface area contributed by atoms with Crippen LogP contribution in [0.1, 0.15) is 23.6 Å². The molecule has 2 aromatic carbocycles. The monoisotopic (exact) mass is 315 g/mol. The van der Waals surface area contributed by atoms with Gasteiger partial charge in [-0.25, -0.2) is 8.42 Å².